The first-order valence-corrected chi connectivity index (χ1v) is 3.53. The lowest BCUT2D eigenvalue weighted by Crippen LogP contribution is -2.06. The van der Waals surface area contributed by atoms with Crippen LogP contribution < -0.4 is 5.73 Å². The van der Waals surface area contributed by atoms with Crippen LogP contribution in [0.3, 0.4) is 0 Å². The number of hydrogen-bond donors (Lipinski definition) is 1. The van der Waals surface area contributed by atoms with Gasteiger partial charge in [-0.1, -0.05) is 12.1 Å². The Labute approximate surface area is 66.8 Å². The summed E-state index contributed by atoms with van der Waals surface area (Å²) in [5.74, 6) is 0. The number of aryl methyl sites for hydroxylation is 1. The third-order valence-corrected chi connectivity index (χ3v) is 1.53. The molecule has 1 rings (SSSR count). The molecular formula is C9H12N2. The molecule has 1 atom stereocenters. The van der Waals surface area contributed by atoms with Gasteiger partial charge in [-0.2, -0.15) is 0 Å². The van der Waals surface area contributed by atoms with Crippen molar-refractivity contribution >= 4 is 0 Å². The lowest BCUT2D eigenvalue weighted by Gasteiger charge is -2.05. The first kappa shape index (κ1) is 7.95. The lowest BCUT2D eigenvalue weighted by molar-refractivity contribution is 0.900. The first-order valence-electron chi connectivity index (χ1n) is 3.53. The second-order valence-corrected chi connectivity index (χ2v) is 2.56. The summed E-state index contributed by atoms with van der Waals surface area (Å²) in [5, 5.41) is 0. The Kier molecular flexibility index (Phi) is 2.39. The Hall–Kier alpha value is -1.15. The van der Waals surface area contributed by atoms with Gasteiger partial charge in [0.25, 0.3) is 0 Å². The number of rotatable bonds is 2. The summed E-state index contributed by atoms with van der Waals surface area (Å²) in [4.78, 5) is 4.03. The Bertz CT molecular complexity index is 255. The van der Waals surface area contributed by atoms with Crippen LogP contribution in [0.4, 0.5) is 0 Å². The molecule has 0 radical (unpaired) electrons. The zero-order valence-corrected chi connectivity index (χ0v) is 6.62. The summed E-state index contributed by atoms with van der Waals surface area (Å²) < 4.78 is 0. The fraction of sp³-hybridized carbons (Fsp3) is 0.222. The topological polar surface area (TPSA) is 38.9 Å². The van der Waals surface area contributed by atoms with Gasteiger partial charge in [-0.05, 0) is 18.1 Å². The van der Waals surface area contributed by atoms with E-state index < -0.39 is 0 Å². The van der Waals surface area contributed by atoms with Gasteiger partial charge in [0.2, 0.25) is 0 Å². The zero-order valence-electron chi connectivity index (χ0n) is 6.62. The van der Waals surface area contributed by atoms with Crippen LogP contribution >= 0.6 is 0 Å². The Morgan fingerprint density at radius 1 is 1.64 bits per heavy atom. The van der Waals surface area contributed by atoms with Crippen molar-refractivity contribution in [2.75, 3.05) is 0 Å². The van der Waals surface area contributed by atoms with Crippen molar-refractivity contribution in [3.05, 3.63) is 42.2 Å². The molecule has 1 unspecified atom stereocenters. The van der Waals surface area contributed by atoms with Gasteiger partial charge in [-0.15, -0.1) is 6.58 Å². The molecule has 11 heavy (non-hydrogen) atoms. The van der Waals surface area contributed by atoms with Gasteiger partial charge in [0, 0.05) is 18.4 Å². The van der Waals surface area contributed by atoms with Gasteiger partial charge >= 0.3 is 0 Å². The molecule has 0 aliphatic heterocycles. The predicted octanol–water partition coefficient (Wildman–Crippen LogP) is 1.58. The summed E-state index contributed by atoms with van der Waals surface area (Å²) in [6.07, 6.45) is 5.27. The van der Waals surface area contributed by atoms with Crippen molar-refractivity contribution in [3.8, 4) is 0 Å². The molecule has 58 valence electrons. The Morgan fingerprint density at radius 2 is 2.36 bits per heavy atom. The van der Waals surface area contributed by atoms with Crippen LogP contribution in [-0.4, -0.2) is 4.98 Å². The van der Waals surface area contributed by atoms with Crippen molar-refractivity contribution in [2.24, 2.45) is 5.73 Å². The number of nitrogens with two attached hydrogens (primary N) is 1. The molecule has 2 N–H and O–H groups in total. The fourth-order valence-electron chi connectivity index (χ4n) is 0.897. The molecule has 0 spiro atoms. The number of nitrogens with zero attached hydrogens (tertiary/aromatic N) is 1. The van der Waals surface area contributed by atoms with E-state index in [9.17, 15) is 0 Å². The average molecular weight is 148 g/mol. The van der Waals surface area contributed by atoms with Crippen LogP contribution in [0.25, 0.3) is 0 Å². The monoisotopic (exact) mass is 148 g/mol. The third-order valence-electron chi connectivity index (χ3n) is 1.53. The molecule has 2 nitrogen and oxygen atoms in total. The molecule has 0 aliphatic rings. The van der Waals surface area contributed by atoms with Crippen molar-refractivity contribution in [2.45, 2.75) is 13.0 Å². The van der Waals surface area contributed by atoms with Crippen molar-refractivity contribution < 1.29 is 0 Å². The Morgan fingerprint density at radius 3 is 2.91 bits per heavy atom. The average Bonchev–Trinajstić information content (AvgIpc) is 2.03. The highest BCUT2D eigenvalue weighted by Gasteiger charge is 1.99. The van der Waals surface area contributed by atoms with Crippen LogP contribution in [0.2, 0.25) is 0 Å². The number of aromatic nitrogens is 1. The predicted molar refractivity (Wildman–Crippen MR) is 46.1 cm³/mol. The van der Waals surface area contributed by atoms with Crippen molar-refractivity contribution in [3.63, 3.8) is 0 Å². The summed E-state index contributed by atoms with van der Waals surface area (Å²) in [6.45, 7) is 5.61. The molecule has 1 heterocycles. The second-order valence-electron chi connectivity index (χ2n) is 2.56. The van der Waals surface area contributed by atoms with E-state index in [1.54, 1.807) is 18.5 Å². The number of pyridine rings is 1. The minimum absolute atomic E-state index is 0.0950. The quantitative estimate of drug-likeness (QED) is 0.646. The third kappa shape index (κ3) is 1.88. The van der Waals surface area contributed by atoms with E-state index in [0.29, 0.717) is 0 Å². The van der Waals surface area contributed by atoms with E-state index >= 15 is 0 Å². The highest BCUT2D eigenvalue weighted by atomic mass is 14.7. The highest BCUT2D eigenvalue weighted by molar-refractivity contribution is 5.22. The van der Waals surface area contributed by atoms with Gasteiger partial charge in [0.05, 0.1) is 0 Å². The summed E-state index contributed by atoms with van der Waals surface area (Å²) in [6, 6.07) is 1.92. The first-order chi connectivity index (χ1) is 5.24. The van der Waals surface area contributed by atoms with Gasteiger partial charge in [0.15, 0.2) is 0 Å². The van der Waals surface area contributed by atoms with Gasteiger partial charge < -0.3 is 5.73 Å². The molecule has 0 fully saturated rings. The van der Waals surface area contributed by atoms with Gasteiger partial charge in [-0.3, -0.25) is 4.98 Å². The maximum Gasteiger partial charge on any atom is 0.0493 e. The maximum absolute atomic E-state index is 5.71. The van der Waals surface area contributed by atoms with E-state index in [1.165, 1.54) is 0 Å². The van der Waals surface area contributed by atoms with Gasteiger partial charge in [-0.25, -0.2) is 0 Å². The minimum Gasteiger partial charge on any atom is -0.321 e. The van der Waals surface area contributed by atoms with E-state index in [2.05, 4.69) is 11.6 Å². The van der Waals surface area contributed by atoms with Crippen LogP contribution in [-0.2, 0) is 0 Å². The normalized spacial score (nSPS) is 12.5. The summed E-state index contributed by atoms with van der Waals surface area (Å²) >= 11 is 0. The van der Waals surface area contributed by atoms with E-state index in [-0.39, 0.29) is 6.04 Å². The van der Waals surface area contributed by atoms with E-state index in [1.807, 2.05) is 13.0 Å². The molecule has 0 saturated carbocycles. The lowest BCUT2D eigenvalue weighted by atomic mass is 10.1. The smallest absolute Gasteiger partial charge is 0.0493 e. The molecular weight excluding hydrogens is 136 g/mol. The second kappa shape index (κ2) is 3.30. The largest absolute Gasteiger partial charge is 0.321 e. The van der Waals surface area contributed by atoms with Gasteiger partial charge in [0.1, 0.15) is 0 Å². The maximum atomic E-state index is 5.71. The van der Waals surface area contributed by atoms with Crippen LogP contribution in [0.15, 0.2) is 31.1 Å². The Balaban J connectivity index is 2.95. The standard InChI is InChI=1S/C9H12N2/c1-3-9(10)8-4-7(2)5-11-6-8/h3-6,9H,1,10H2,2H3. The molecule has 2 heteroatoms. The van der Waals surface area contributed by atoms with Crippen LogP contribution in [0.1, 0.15) is 17.2 Å². The molecule has 1 aromatic heterocycles. The molecule has 1 aromatic rings. The fourth-order valence-corrected chi connectivity index (χ4v) is 0.897. The molecule has 0 aromatic carbocycles. The molecule has 0 aliphatic carbocycles. The van der Waals surface area contributed by atoms with E-state index in [0.717, 1.165) is 11.1 Å². The molecule has 0 amide bonds. The minimum atomic E-state index is -0.0950. The molecule has 0 saturated heterocycles. The van der Waals surface area contributed by atoms with Crippen LogP contribution in [0.5, 0.6) is 0 Å². The van der Waals surface area contributed by atoms with Crippen LogP contribution in [0, 0.1) is 6.92 Å². The SMILES string of the molecule is C=CC(N)c1cncc(C)c1. The highest BCUT2D eigenvalue weighted by Crippen LogP contribution is 2.10. The van der Waals surface area contributed by atoms with Crippen molar-refractivity contribution in [1.82, 2.24) is 4.98 Å². The zero-order chi connectivity index (χ0) is 8.27. The summed E-state index contributed by atoms with van der Waals surface area (Å²) in [7, 11) is 0. The molecule has 0 bridgehead atoms. The summed E-state index contributed by atoms with van der Waals surface area (Å²) in [5.41, 5.74) is 7.84. The number of hydrogen-bond acceptors (Lipinski definition) is 2. The van der Waals surface area contributed by atoms with E-state index in [4.69, 9.17) is 5.73 Å². The van der Waals surface area contributed by atoms with Crippen molar-refractivity contribution in [1.29, 1.82) is 0 Å².